The smallest absolute Gasteiger partial charge is 0.315 e. The van der Waals surface area contributed by atoms with Crippen LogP contribution in [0.15, 0.2) is 0 Å². The fourth-order valence-corrected chi connectivity index (χ4v) is 1.37. The van der Waals surface area contributed by atoms with Crippen LogP contribution in [0.4, 0.5) is 4.79 Å². The van der Waals surface area contributed by atoms with E-state index in [2.05, 4.69) is 10.6 Å². The molecule has 1 atom stereocenters. The predicted molar refractivity (Wildman–Crippen MR) is 56.7 cm³/mol. The minimum atomic E-state index is -0.894. The molecule has 0 unspecified atom stereocenters. The Labute approximate surface area is 90.2 Å². The molecule has 5 nitrogen and oxygen atoms in total. The van der Waals surface area contributed by atoms with E-state index >= 15 is 0 Å². The topological polar surface area (TPSA) is 70.6 Å². The first-order valence-electron chi connectivity index (χ1n) is 5.17. The van der Waals surface area contributed by atoms with Crippen LogP contribution in [0, 0.1) is 0 Å². The highest BCUT2D eigenvalue weighted by Gasteiger charge is 2.32. The molecule has 0 aromatic heterocycles. The molecule has 5 heteroatoms. The molecule has 1 aliphatic rings. The average Bonchev–Trinajstić information content (AvgIpc) is 2.47. The summed E-state index contributed by atoms with van der Waals surface area (Å²) in [5, 5.41) is 15.3. The van der Waals surface area contributed by atoms with Gasteiger partial charge in [-0.2, -0.15) is 0 Å². The van der Waals surface area contributed by atoms with Gasteiger partial charge in [-0.25, -0.2) is 4.79 Å². The summed E-state index contributed by atoms with van der Waals surface area (Å²) in [6, 6.07) is -0.261. The molecule has 0 spiro atoms. The van der Waals surface area contributed by atoms with Gasteiger partial charge in [-0.15, -0.1) is 0 Å². The number of ether oxygens (including phenoxy) is 1. The van der Waals surface area contributed by atoms with E-state index in [1.807, 2.05) is 20.8 Å². The Kier molecular flexibility index (Phi) is 3.57. The minimum absolute atomic E-state index is 0.231. The second kappa shape index (κ2) is 4.37. The largest absolute Gasteiger partial charge is 0.386 e. The summed E-state index contributed by atoms with van der Waals surface area (Å²) in [6.45, 7) is 6.79. The highest BCUT2D eigenvalue weighted by Crippen LogP contribution is 2.16. The molecule has 1 aliphatic heterocycles. The first kappa shape index (κ1) is 12.3. The van der Waals surface area contributed by atoms with Crippen LogP contribution in [0.25, 0.3) is 0 Å². The lowest BCUT2D eigenvalue weighted by Crippen LogP contribution is -2.51. The van der Waals surface area contributed by atoms with E-state index in [1.165, 1.54) is 0 Å². The van der Waals surface area contributed by atoms with E-state index < -0.39 is 5.60 Å². The Morgan fingerprint density at radius 2 is 2.20 bits per heavy atom. The van der Waals surface area contributed by atoms with E-state index in [1.54, 1.807) is 0 Å². The van der Waals surface area contributed by atoms with Crippen molar-refractivity contribution in [1.29, 1.82) is 0 Å². The summed E-state index contributed by atoms with van der Waals surface area (Å²) in [4.78, 5) is 11.4. The second-order valence-electron chi connectivity index (χ2n) is 5.08. The Morgan fingerprint density at radius 1 is 1.53 bits per heavy atom. The Hall–Kier alpha value is -0.810. The van der Waals surface area contributed by atoms with Gasteiger partial charge in [-0.05, 0) is 20.8 Å². The number of rotatable bonds is 2. The molecular weight excluding hydrogens is 196 g/mol. The summed E-state index contributed by atoms with van der Waals surface area (Å²) >= 11 is 0. The van der Waals surface area contributed by atoms with Gasteiger partial charge in [0.25, 0.3) is 0 Å². The quantitative estimate of drug-likeness (QED) is 0.619. The number of aliphatic hydroxyl groups is 1. The molecule has 15 heavy (non-hydrogen) atoms. The van der Waals surface area contributed by atoms with Crippen LogP contribution in [0.5, 0.6) is 0 Å². The van der Waals surface area contributed by atoms with Crippen LogP contribution in [0.3, 0.4) is 0 Å². The van der Waals surface area contributed by atoms with Gasteiger partial charge in [-0.3, -0.25) is 0 Å². The molecule has 1 fully saturated rings. The normalized spacial score (nSPS) is 26.4. The van der Waals surface area contributed by atoms with Gasteiger partial charge in [0.2, 0.25) is 0 Å². The summed E-state index contributed by atoms with van der Waals surface area (Å²) < 4.78 is 5.07. The van der Waals surface area contributed by atoms with Crippen LogP contribution >= 0.6 is 0 Å². The van der Waals surface area contributed by atoms with Crippen LogP contribution in [0.2, 0.25) is 0 Å². The molecule has 0 aromatic carbocycles. The summed E-state index contributed by atoms with van der Waals surface area (Å²) in [7, 11) is 0. The highest BCUT2D eigenvalue weighted by atomic mass is 16.5. The SMILES string of the molecule is CC(C)(C)NC(=O)NC[C@]1(O)CCOC1. The fourth-order valence-electron chi connectivity index (χ4n) is 1.37. The van der Waals surface area contributed by atoms with Gasteiger partial charge in [0, 0.05) is 18.6 Å². The Bertz CT molecular complexity index is 229. The first-order chi connectivity index (χ1) is 6.81. The van der Waals surface area contributed by atoms with E-state index in [4.69, 9.17) is 4.74 Å². The van der Waals surface area contributed by atoms with E-state index in [-0.39, 0.29) is 18.1 Å². The summed E-state index contributed by atoms with van der Waals surface area (Å²) in [5.74, 6) is 0. The number of nitrogens with one attached hydrogen (secondary N) is 2. The van der Waals surface area contributed by atoms with Gasteiger partial charge in [0.1, 0.15) is 5.60 Å². The van der Waals surface area contributed by atoms with Crippen molar-refractivity contribution in [3.8, 4) is 0 Å². The van der Waals surface area contributed by atoms with Crippen molar-refractivity contribution in [1.82, 2.24) is 10.6 Å². The molecular formula is C10H20N2O3. The highest BCUT2D eigenvalue weighted by molar-refractivity contribution is 5.74. The summed E-state index contributed by atoms with van der Waals surface area (Å²) in [6.07, 6.45) is 0.572. The molecule has 0 aromatic rings. The lowest BCUT2D eigenvalue weighted by molar-refractivity contribution is 0.0290. The van der Waals surface area contributed by atoms with Crippen molar-refractivity contribution < 1.29 is 14.6 Å². The minimum Gasteiger partial charge on any atom is -0.386 e. The zero-order valence-electron chi connectivity index (χ0n) is 9.59. The molecule has 0 aliphatic carbocycles. The maximum Gasteiger partial charge on any atom is 0.315 e. The van der Waals surface area contributed by atoms with E-state index in [0.717, 1.165) is 0 Å². The lowest BCUT2D eigenvalue weighted by Gasteiger charge is -2.24. The molecule has 0 bridgehead atoms. The van der Waals surface area contributed by atoms with E-state index in [0.29, 0.717) is 19.6 Å². The zero-order valence-corrected chi connectivity index (χ0v) is 9.59. The fraction of sp³-hybridized carbons (Fsp3) is 0.900. The Morgan fingerprint density at radius 3 is 2.67 bits per heavy atom. The molecule has 1 heterocycles. The standard InChI is InChI=1S/C10H20N2O3/c1-9(2,3)12-8(13)11-6-10(14)4-5-15-7-10/h14H,4-7H2,1-3H3,(H2,11,12,13)/t10-/m1/s1. The Balaban J connectivity index is 2.28. The third-order valence-corrected chi connectivity index (χ3v) is 2.15. The van der Waals surface area contributed by atoms with Crippen molar-refractivity contribution in [2.24, 2.45) is 0 Å². The first-order valence-corrected chi connectivity index (χ1v) is 5.17. The second-order valence-corrected chi connectivity index (χ2v) is 5.08. The van der Waals surface area contributed by atoms with Crippen molar-refractivity contribution in [2.75, 3.05) is 19.8 Å². The van der Waals surface area contributed by atoms with Gasteiger partial charge in [0.15, 0.2) is 0 Å². The van der Waals surface area contributed by atoms with Crippen LogP contribution < -0.4 is 10.6 Å². The number of amides is 2. The van der Waals surface area contributed by atoms with Crippen LogP contribution in [-0.4, -0.2) is 42.0 Å². The number of hydrogen-bond donors (Lipinski definition) is 3. The molecule has 1 rings (SSSR count). The molecule has 0 radical (unpaired) electrons. The monoisotopic (exact) mass is 216 g/mol. The average molecular weight is 216 g/mol. The van der Waals surface area contributed by atoms with Gasteiger partial charge >= 0.3 is 6.03 Å². The maximum atomic E-state index is 11.4. The molecule has 1 saturated heterocycles. The van der Waals surface area contributed by atoms with Crippen molar-refractivity contribution in [3.05, 3.63) is 0 Å². The van der Waals surface area contributed by atoms with Gasteiger partial charge in [0.05, 0.1) is 13.2 Å². The van der Waals surface area contributed by atoms with Gasteiger partial charge in [-0.1, -0.05) is 0 Å². The summed E-state index contributed by atoms with van der Waals surface area (Å²) in [5.41, 5.74) is -1.16. The molecule has 3 N–H and O–H groups in total. The number of carbonyl (C=O) groups excluding carboxylic acids is 1. The van der Waals surface area contributed by atoms with Crippen molar-refractivity contribution in [2.45, 2.75) is 38.3 Å². The number of carbonyl (C=O) groups is 1. The third-order valence-electron chi connectivity index (χ3n) is 2.15. The van der Waals surface area contributed by atoms with Crippen molar-refractivity contribution in [3.63, 3.8) is 0 Å². The molecule has 0 saturated carbocycles. The van der Waals surface area contributed by atoms with Crippen LogP contribution in [0.1, 0.15) is 27.2 Å². The van der Waals surface area contributed by atoms with E-state index in [9.17, 15) is 9.90 Å². The lowest BCUT2D eigenvalue weighted by atomic mass is 10.0. The number of hydrogen-bond acceptors (Lipinski definition) is 3. The van der Waals surface area contributed by atoms with Crippen LogP contribution in [-0.2, 0) is 4.74 Å². The molecule has 88 valence electrons. The van der Waals surface area contributed by atoms with Crippen molar-refractivity contribution >= 4 is 6.03 Å². The molecule has 2 amide bonds. The number of urea groups is 1. The predicted octanol–water partition coefficient (Wildman–Crippen LogP) is 0.235. The maximum absolute atomic E-state index is 11.4. The third kappa shape index (κ3) is 4.48. The van der Waals surface area contributed by atoms with Gasteiger partial charge < -0.3 is 20.5 Å². The zero-order chi connectivity index (χ0) is 11.5.